The Labute approximate surface area is 161 Å². The normalized spacial score (nSPS) is 16.1. The Bertz CT molecular complexity index is 688. The second kappa shape index (κ2) is 9.38. The largest absolute Gasteiger partial charge is 0.306 e. The van der Waals surface area contributed by atoms with Crippen LogP contribution in [0, 0.1) is 6.92 Å². The summed E-state index contributed by atoms with van der Waals surface area (Å²) in [4.78, 5) is 12.6. The van der Waals surface area contributed by atoms with Crippen LogP contribution in [0.4, 0.5) is 0 Å². The van der Waals surface area contributed by atoms with Gasteiger partial charge in [0.25, 0.3) is 0 Å². The first-order valence-corrected chi connectivity index (χ1v) is 12.8. The Kier molecular flexibility index (Phi) is 8.36. The van der Waals surface area contributed by atoms with Crippen LogP contribution >= 0.6 is 10.3 Å². The third kappa shape index (κ3) is 6.71. The Morgan fingerprint density at radius 1 is 1.04 bits per heavy atom. The van der Waals surface area contributed by atoms with Crippen LogP contribution in [0.5, 0.6) is 0 Å². The van der Waals surface area contributed by atoms with E-state index in [0.29, 0.717) is 6.42 Å². The number of aryl methyl sites for hydroxylation is 1. The van der Waals surface area contributed by atoms with E-state index in [0.717, 1.165) is 31.2 Å². The lowest BCUT2D eigenvalue weighted by Gasteiger charge is -2.45. The van der Waals surface area contributed by atoms with Crippen LogP contribution in [0.3, 0.4) is 0 Å². The van der Waals surface area contributed by atoms with Crippen molar-refractivity contribution in [3.05, 3.63) is 29.8 Å². The van der Waals surface area contributed by atoms with Crippen LogP contribution in [0.2, 0.25) is 0 Å². The average molecular weight is 403 g/mol. The van der Waals surface area contributed by atoms with E-state index in [1.165, 1.54) is 0 Å². The summed E-state index contributed by atoms with van der Waals surface area (Å²) in [6.07, 6.45) is 6.44. The van der Waals surface area contributed by atoms with Gasteiger partial charge in [-0.15, -0.1) is 10.3 Å². The molecule has 4 nitrogen and oxygen atoms in total. The maximum Gasteiger partial charge on any atom is 0.306 e. The van der Waals surface area contributed by atoms with Crippen LogP contribution in [-0.4, -0.2) is 31.0 Å². The zero-order valence-corrected chi connectivity index (χ0v) is 18.6. The van der Waals surface area contributed by atoms with E-state index in [9.17, 15) is 13.2 Å². The van der Waals surface area contributed by atoms with Gasteiger partial charge < -0.3 is 0 Å². The summed E-state index contributed by atoms with van der Waals surface area (Å²) < 4.78 is 30.9. The molecule has 6 heteroatoms. The fourth-order valence-corrected chi connectivity index (χ4v) is 6.98. The van der Waals surface area contributed by atoms with Crippen LogP contribution < -0.4 is 0 Å². The first kappa shape index (κ1) is 23.2. The number of hydrogen-bond acceptors (Lipinski definition) is 4. The van der Waals surface area contributed by atoms with E-state index >= 15 is 0 Å². The minimum absolute atomic E-state index is 0.0904. The van der Waals surface area contributed by atoms with E-state index < -0.39 is 25.2 Å². The second-order valence-electron chi connectivity index (χ2n) is 7.95. The SMILES string of the molecule is CCCCCCC(=O)CS(C)(OS(=O)(=O)c1ccc(C)cc1)C(C)(C)C. The molecule has 1 aromatic carbocycles. The maximum atomic E-state index is 12.8. The molecule has 0 bridgehead atoms. The molecule has 0 heterocycles. The zero-order chi connectivity index (χ0) is 20.0. The molecule has 150 valence electrons. The van der Waals surface area contributed by atoms with Gasteiger partial charge in [-0.05, 0) is 31.7 Å². The lowest BCUT2D eigenvalue weighted by atomic mass is 10.1. The molecule has 0 aliphatic heterocycles. The van der Waals surface area contributed by atoms with Gasteiger partial charge in [0.05, 0.1) is 10.6 Å². The molecule has 0 aromatic heterocycles. The lowest BCUT2D eigenvalue weighted by Crippen LogP contribution is -2.33. The molecule has 0 saturated carbocycles. The van der Waals surface area contributed by atoms with Crippen LogP contribution in [0.1, 0.15) is 65.4 Å². The number of rotatable bonds is 10. The van der Waals surface area contributed by atoms with Crippen molar-refractivity contribution >= 4 is 26.2 Å². The zero-order valence-electron chi connectivity index (χ0n) is 17.0. The first-order chi connectivity index (χ1) is 11.9. The topological polar surface area (TPSA) is 60.4 Å². The fourth-order valence-electron chi connectivity index (χ4n) is 2.41. The van der Waals surface area contributed by atoms with E-state index in [4.69, 9.17) is 3.63 Å². The third-order valence-electron chi connectivity index (χ3n) is 4.59. The summed E-state index contributed by atoms with van der Waals surface area (Å²) in [5, 5.41) is 0. The predicted molar refractivity (Wildman–Crippen MR) is 111 cm³/mol. The van der Waals surface area contributed by atoms with Gasteiger partial charge in [0, 0.05) is 11.2 Å². The third-order valence-corrected chi connectivity index (χ3v) is 10.8. The molecule has 1 atom stereocenters. The lowest BCUT2D eigenvalue weighted by molar-refractivity contribution is -0.116. The van der Waals surface area contributed by atoms with Gasteiger partial charge in [0.15, 0.2) is 0 Å². The van der Waals surface area contributed by atoms with Crippen molar-refractivity contribution in [1.82, 2.24) is 0 Å². The molecule has 1 aromatic rings. The summed E-state index contributed by atoms with van der Waals surface area (Å²) in [5.74, 6) is 0.265. The quantitative estimate of drug-likeness (QED) is 0.492. The van der Waals surface area contributed by atoms with Gasteiger partial charge in [0.1, 0.15) is 5.78 Å². The number of carbonyl (C=O) groups is 1. The summed E-state index contributed by atoms with van der Waals surface area (Å²) in [6, 6.07) is 6.61. The molecule has 26 heavy (non-hydrogen) atoms. The van der Waals surface area contributed by atoms with Crippen molar-refractivity contribution in [3.63, 3.8) is 0 Å². The molecule has 0 aliphatic rings. The highest BCUT2D eigenvalue weighted by molar-refractivity contribution is 8.33. The van der Waals surface area contributed by atoms with Crippen LogP contribution in [0.25, 0.3) is 0 Å². The van der Waals surface area contributed by atoms with Crippen molar-refractivity contribution in [2.24, 2.45) is 0 Å². The standard InChI is InChI=1S/C20H34O4S2/c1-7-8-9-10-11-18(21)16-25(6,20(3,4)5)24-26(22,23)19-14-12-17(2)13-15-19/h12-15H,7-11,16H2,1-6H3. The van der Waals surface area contributed by atoms with Gasteiger partial charge in [-0.25, -0.2) is 3.63 Å². The molecule has 0 amide bonds. The summed E-state index contributed by atoms with van der Waals surface area (Å²) in [6.45, 7) is 9.86. The van der Waals surface area contributed by atoms with Gasteiger partial charge in [-0.3, -0.25) is 4.79 Å². The summed E-state index contributed by atoms with van der Waals surface area (Å²) >= 11 is 0. The van der Waals surface area contributed by atoms with Gasteiger partial charge in [-0.1, -0.05) is 64.7 Å². The molecule has 1 unspecified atom stereocenters. The predicted octanol–water partition coefficient (Wildman–Crippen LogP) is 5.39. The Balaban J connectivity index is 2.95. The molecule has 0 spiro atoms. The van der Waals surface area contributed by atoms with E-state index in [1.807, 2.05) is 34.0 Å². The molecule has 0 fully saturated rings. The highest BCUT2D eigenvalue weighted by Gasteiger charge is 2.40. The molecule has 0 N–H and O–H groups in total. The summed E-state index contributed by atoms with van der Waals surface area (Å²) in [5.41, 5.74) is 0.983. The second-order valence-corrected chi connectivity index (χ2v) is 13.4. The molecule has 0 aliphatic carbocycles. The Hall–Kier alpha value is -0.850. The van der Waals surface area contributed by atoms with Crippen molar-refractivity contribution in [3.8, 4) is 0 Å². The highest BCUT2D eigenvalue weighted by Crippen LogP contribution is 2.58. The summed E-state index contributed by atoms with van der Waals surface area (Å²) in [7, 11) is -6.06. The average Bonchev–Trinajstić information content (AvgIpc) is 2.50. The van der Waals surface area contributed by atoms with Crippen molar-refractivity contribution < 1.29 is 16.8 Å². The number of hydrogen-bond donors (Lipinski definition) is 0. The van der Waals surface area contributed by atoms with Crippen molar-refractivity contribution in [2.45, 2.75) is 76.4 Å². The minimum Gasteiger partial charge on any atom is -0.299 e. The first-order valence-electron chi connectivity index (χ1n) is 9.21. The number of Topliss-reactive ketones (excluding diaryl/α,β-unsaturated/α-hetero) is 1. The van der Waals surface area contributed by atoms with Crippen molar-refractivity contribution in [1.29, 1.82) is 0 Å². The molecule has 0 saturated heterocycles. The Morgan fingerprint density at radius 3 is 2.12 bits per heavy atom. The number of carbonyl (C=O) groups excluding carboxylic acids is 1. The van der Waals surface area contributed by atoms with Gasteiger partial charge >= 0.3 is 10.1 Å². The monoisotopic (exact) mass is 402 g/mol. The van der Waals surface area contributed by atoms with Gasteiger partial charge in [-0.2, -0.15) is 8.42 Å². The number of ketones is 1. The maximum absolute atomic E-state index is 12.8. The fraction of sp³-hybridized carbons (Fsp3) is 0.650. The molecular weight excluding hydrogens is 368 g/mol. The van der Waals surface area contributed by atoms with Gasteiger partial charge in [0.2, 0.25) is 0 Å². The minimum atomic E-state index is -3.91. The smallest absolute Gasteiger partial charge is 0.299 e. The van der Waals surface area contributed by atoms with Crippen molar-refractivity contribution in [2.75, 3.05) is 12.0 Å². The molecular formula is C20H34O4S2. The molecule has 1 rings (SSSR count). The number of unbranched alkanes of at least 4 members (excludes halogenated alkanes) is 3. The molecule has 0 radical (unpaired) electrons. The van der Waals surface area contributed by atoms with E-state index in [-0.39, 0.29) is 16.4 Å². The van der Waals surface area contributed by atoms with Crippen LogP contribution in [-0.2, 0) is 18.5 Å². The van der Waals surface area contributed by atoms with E-state index in [2.05, 4.69) is 6.92 Å². The van der Waals surface area contributed by atoms with E-state index in [1.54, 1.807) is 24.3 Å². The number of benzene rings is 1. The highest BCUT2D eigenvalue weighted by atomic mass is 32.3. The Morgan fingerprint density at radius 2 is 1.62 bits per heavy atom. The van der Waals surface area contributed by atoms with Crippen LogP contribution in [0.15, 0.2) is 29.2 Å².